The van der Waals surface area contributed by atoms with Crippen LogP contribution in [0.5, 0.6) is 0 Å². The molecule has 0 aliphatic heterocycles. The van der Waals surface area contributed by atoms with Crippen LogP contribution in [0.25, 0.3) is 22.0 Å². The monoisotopic (exact) mass is 362 g/mol. The van der Waals surface area contributed by atoms with Crippen LogP contribution in [0.1, 0.15) is 26.3 Å². The number of nitrogens with zero attached hydrogens (tertiary/aromatic N) is 2. The number of aromatic amines is 1. The molecule has 0 aliphatic rings. The number of nitrogens with one attached hydrogen (secondary N) is 2. The van der Waals surface area contributed by atoms with Crippen molar-refractivity contribution < 1.29 is 18.0 Å². The lowest BCUT2D eigenvalue weighted by atomic mass is 9.95. The quantitative estimate of drug-likeness (QED) is 0.698. The van der Waals surface area contributed by atoms with Crippen LogP contribution in [0.4, 0.5) is 19.0 Å². The number of hydrogen-bond donors (Lipinski definition) is 2. The van der Waals surface area contributed by atoms with Crippen molar-refractivity contribution in [3.05, 3.63) is 42.2 Å². The molecule has 26 heavy (non-hydrogen) atoms. The first-order chi connectivity index (χ1) is 12.1. The Hall–Kier alpha value is -2.90. The number of anilines is 1. The number of carbonyl (C=O) groups is 1. The van der Waals surface area contributed by atoms with Gasteiger partial charge in [0.2, 0.25) is 5.91 Å². The molecule has 8 heteroatoms. The van der Waals surface area contributed by atoms with Crippen molar-refractivity contribution in [2.24, 2.45) is 5.41 Å². The number of carbonyl (C=O) groups excluding carboxylic acids is 1. The van der Waals surface area contributed by atoms with E-state index < -0.39 is 17.2 Å². The van der Waals surface area contributed by atoms with Crippen molar-refractivity contribution in [2.75, 3.05) is 5.32 Å². The van der Waals surface area contributed by atoms with Gasteiger partial charge < -0.3 is 5.32 Å². The van der Waals surface area contributed by atoms with E-state index in [9.17, 15) is 18.0 Å². The van der Waals surface area contributed by atoms with Crippen molar-refractivity contribution >= 4 is 22.6 Å². The predicted molar refractivity (Wildman–Crippen MR) is 92.4 cm³/mol. The van der Waals surface area contributed by atoms with Gasteiger partial charge in [0.1, 0.15) is 5.82 Å². The van der Waals surface area contributed by atoms with Gasteiger partial charge in [0, 0.05) is 22.6 Å². The lowest BCUT2D eigenvalue weighted by Gasteiger charge is -2.19. The first kappa shape index (κ1) is 17.9. The van der Waals surface area contributed by atoms with E-state index in [0.29, 0.717) is 16.5 Å². The van der Waals surface area contributed by atoms with Gasteiger partial charge in [-0.05, 0) is 29.8 Å². The van der Waals surface area contributed by atoms with Gasteiger partial charge in [-0.3, -0.25) is 9.89 Å². The zero-order valence-electron chi connectivity index (χ0n) is 14.4. The zero-order valence-corrected chi connectivity index (χ0v) is 14.4. The molecule has 0 radical (unpaired) electrons. The van der Waals surface area contributed by atoms with Gasteiger partial charge in [-0.25, -0.2) is 4.98 Å². The summed E-state index contributed by atoms with van der Waals surface area (Å²) in [5.41, 5.74) is -0.537. The molecular weight excluding hydrogens is 345 g/mol. The standard InChI is InChI=1S/C18H17F3N4O/c1-17(2,3)16(26)24-15-11(5-4-6-22-15)12-7-10(18(19,20)21)8-14-13(12)9-23-25-14/h4-9H,1-3H3,(H,23,25)(H,22,24,26). The molecule has 1 amide bonds. The lowest BCUT2D eigenvalue weighted by Crippen LogP contribution is -2.28. The average Bonchev–Trinajstić information content (AvgIpc) is 3.01. The molecule has 0 aliphatic carbocycles. The van der Waals surface area contributed by atoms with E-state index in [0.717, 1.165) is 12.1 Å². The molecule has 0 saturated heterocycles. The Morgan fingerprint density at radius 2 is 1.88 bits per heavy atom. The van der Waals surface area contributed by atoms with E-state index in [1.54, 1.807) is 32.9 Å². The van der Waals surface area contributed by atoms with E-state index in [1.165, 1.54) is 12.4 Å². The molecule has 0 saturated carbocycles. The van der Waals surface area contributed by atoms with Gasteiger partial charge in [0.05, 0.1) is 17.3 Å². The van der Waals surface area contributed by atoms with Crippen molar-refractivity contribution in [2.45, 2.75) is 26.9 Å². The van der Waals surface area contributed by atoms with Crippen molar-refractivity contribution in [3.63, 3.8) is 0 Å². The number of fused-ring (bicyclic) bond motifs is 1. The number of benzene rings is 1. The summed E-state index contributed by atoms with van der Waals surface area (Å²) in [4.78, 5) is 16.5. The molecule has 3 rings (SSSR count). The van der Waals surface area contributed by atoms with Crippen LogP contribution in [0.2, 0.25) is 0 Å². The summed E-state index contributed by atoms with van der Waals surface area (Å²) in [5, 5.41) is 9.62. The van der Waals surface area contributed by atoms with Crippen molar-refractivity contribution in [1.82, 2.24) is 15.2 Å². The van der Waals surface area contributed by atoms with E-state index >= 15 is 0 Å². The van der Waals surface area contributed by atoms with Gasteiger partial charge in [0.25, 0.3) is 0 Å². The maximum Gasteiger partial charge on any atom is 0.416 e. The van der Waals surface area contributed by atoms with Gasteiger partial charge in [0.15, 0.2) is 0 Å². The second-order valence-corrected chi connectivity index (χ2v) is 6.96. The molecule has 5 nitrogen and oxygen atoms in total. The Kier molecular flexibility index (Phi) is 4.21. The number of rotatable bonds is 2. The number of alkyl halides is 3. The topological polar surface area (TPSA) is 70.7 Å². The minimum absolute atomic E-state index is 0.203. The molecule has 0 spiro atoms. The van der Waals surface area contributed by atoms with Crippen LogP contribution in [0.3, 0.4) is 0 Å². The highest BCUT2D eigenvalue weighted by molar-refractivity contribution is 6.02. The summed E-state index contributed by atoms with van der Waals surface area (Å²) in [6, 6.07) is 5.28. The van der Waals surface area contributed by atoms with Crippen LogP contribution in [0.15, 0.2) is 36.7 Å². The van der Waals surface area contributed by atoms with E-state index in [2.05, 4.69) is 20.5 Å². The Bertz CT molecular complexity index is 970. The first-order valence-electron chi connectivity index (χ1n) is 7.88. The second-order valence-electron chi connectivity index (χ2n) is 6.96. The SMILES string of the molecule is CC(C)(C)C(=O)Nc1ncccc1-c1cc(C(F)(F)F)cc2[nH]ncc12. The summed E-state index contributed by atoms with van der Waals surface area (Å²) in [7, 11) is 0. The van der Waals surface area contributed by atoms with Crippen LogP contribution in [-0.2, 0) is 11.0 Å². The highest BCUT2D eigenvalue weighted by Crippen LogP contribution is 2.38. The molecule has 0 atom stereocenters. The van der Waals surface area contributed by atoms with Gasteiger partial charge >= 0.3 is 6.18 Å². The largest absolute Gasteiger partial charge is 0.416 e. The highest BCUT2D eigenvalue weighted by atomic mass is 19.4. The molecular formula is C18H17F3N4O. The Morgan fingerprint density at radius 1 is 1.15 bits per heavy atom. The number of H-pyrrole nitrogens is 1. The summed E-state index contributed by atoms with van der Waals surface area (Å²) >= 11 is 0. The zero-order chi connectivity index (χ0) is 19.1. The van der Waals surface area contributed by atoms with E-state index in [4.69, 9.17) is 0 Å². The minimum atomic E-state index is -4.51. The van der Waals surface area contributed by atoms with Crippen LogP contribution in [0, 0.1) is 5.41 Å². The van der Waals surface area contributed by atoms with Crippen molar-refractivity contribution in [1.29, 1.82) is 0 Å². The summed E-state index contributed by atoms with van der Waals surface area (Å²) in [5.74, 6) is -0.0814. The Labute approximate surface area is 147 Å². The number of amides is 1. The fourth-order valence-electron chi connectivity index (χ4n) is 2.46. The predicted octanol–water partition coefficient (Wildman–Crippen LogP) is 4.63. The van der Waals surface area contributed by atoms with Crippen molar-refractivity contribution in [3.8, 4) is 11.1 Å². The molecule has 3 aromatic rings. The molecule has 2 aromatic heterocycles. The molecule has 0 unspecified atom stereocenters. The Balaban J connectivity index is 2.19. The maximum atomic E-state index is 13.3. The smallest absolute Gasteiger partial charge is 0.310 e. The molecule has 0 fully saturated rings. The van der Waals surface area contributed by atoms with E-state index in [1.807, 2.05) is 0 Å². The minimum Gasteiger partial charge on any atom is -0.310 e. The van der Waals surface area contributed by atoms with Crippen LogP contribution >= 0.6 is 0 Å². The number of hydrogen-bond acceptors (Lipinski definition) is 3. The number of aromatic nitrogens is 3. The summed E-state index contributed by atoms with van der Waals surface area (Å²) in [6.45, 7) is 5.22. The van der Waals surface area contributed by atoms with Crippen LogP contribution < -0.4 is 5.32 Å². The number of pyridine rings is 1. The number of halogens is 3. The third kappa shape index (κ3) is 3.40. The average molecular weight is 362 g/mol. The molecule has 2 N–H and O–H groups in total. The third-order valence-electron chi connectivity index (χ3n) is 3.90. The first-order valence-corrected chi connectivity index (χ1v) is 7.88. The maximum absolute atomic E-state index is 13.3. The van der Waals surface area contributed by atoms with Gasteiger partial charge in [-0.2, -0.15) is 18.3 Å². The highest BCUT2D eigenvalue weighted by Gasteiger charge is 2.32. The third-order valence-corrected chi connectivity index (χ3v) is 3.90. The molecule has 1 aromatic carbocycles. The van der Waals surface area contributed by atoms with Gasteiger partial charge in [-0.1, -0.05) is 20.8 Å². The summed E-state index contributed by atoms with van der Waals surface area (Å²) in [6.07, 6.45) is -1.58. The fraction of sp³-hybridized carbons (Fsp3) is 0.278. The Morgan fingerprint density at radius 3 is 2.54 bits per heavy atom. The normalized spacial score (nSPS) is 12.4. The second kappa shape index (κ2) is 6.12. The molecule has 2 heterocycles. The molecule has 0 bridgehead atoms. The van der Waals surface area contributed by atoms with Gasteiger partial charge in [-0.15, -0.1) is 0 Å². The molecule has 136 valence electrons. The summed E-state index contributed by atoms with van der Waals surface area (Å²) < 4.78 is 39.8. The van der Waals surface area contributed by atoms with Crippen LogP contribution in [-0.4, -0.2) is 21.1 Å². The lowest BCUT2D eigenvalue weighted by molar-refractivity contribution is -0.137. The fourth-order valence-corrected chi connectivity index (χ4v) is 2.46. The van der Waals surface area contributed by atoms with E-state index in [-0.39, 0.29) is 17.2 Å².